The SMILES string of the molecule is CC[C@@H](NC(=O)N1CCO[C@](C)(c2cnn(C)c2)C1)c1cccs1. The molecule has 6 nitrogen and oxygen atoms in total. The number of morpholine rings is 1. The van der Waals surface area contributed by atoms with E-state index in [9.17, 15) is 4.79 Å². The second-order valence-electron chi connectivity index (χ2n) is 6.33. The van der Waals surface area contributed by atoms with Crippen molar-refractivity contribution in [3.8, 4) is 0 Å². The molecule has 0 bridgehead atoms. The molecule has 0 radical (unpaired) electrons. The Bertz CT molecular complexity index is 685. The number of carbonyl (C=O) groups excluding carboxylic acids is 1. The van der Waals surface area contributed by atoms with E-state index in [-0.39, 0.29) is 12.1 Å². The summed E-state index contributed by atoms with van der Waals surface area (Å²) in [4.78, 5) is 15.8. The Morgan fingerprint density at radius 3 is 3.04 bits per heavy atom. The minimum absolute atomic E-state index is 0.0336. The summed E-state index contributed by atoms with van der Waals surface area (Å²) in [7, 11) is 1.88. The maximum atomic E-state index is 12.7. The second kappa shape index (κ2) is 6.94. The number of ether oxygens (including phenoxy) is 1. The Balaban J connectivity index is 1.69. The fourth-order valence-corrected chi connectivity index (χ4v) is 3.88. The van der Waals surface area contributed by atoms with Crippen molar-refractivity contribution in [3.63, 3.8) is 0 Å². The highest BCUT2D eigenvalue weighted by Crippen LogP contribution is 2.29. The third-order valence-electron chi connectivity index (χ3n) is 4.47. The Kier molecular flexibility index (Phi) is 4.91. The molecule has 0 aliphatic carbocycles. The first-order chi connectivity index (χ1) is 11.5. The van der Waals surface area contributed by atoms with Gasteiger partial charge in [-0.15, -0.1) is 11.3 Å². The number of urea groups is 1. The van der Waals surface area contributed by atoms with Crippen LogP contribution >= 0.6 is 11.3 Å². The zero-order chi connectivity index (χ0) is 17.2. The molecule has 1 fully saturated rings. The van der Waals surface area contributed by atoms with Crippen molar-refractivity contribution in [1.82, 2.24) is 20.0 Å². The minimum Gasteiger partial charge on any atom is -0.367 e. The molecule has 3 heterocycles. The van der Waals surface area contributed by atoms with Crippen LogP contribution in [-0.4, -0.2) is 40.4 Å². The van der Waals surface area contributed by atoms with Crippen molar-refractivity contribution >= 4 is 17.4 Å². The van der Waals surface area contributed by atoms with Gasteiger partial charge in [0, 0.05) is 30.2 Å². The molecule has 0 unspecified atom stereocenters. The molecule has 130 valence electrons. The predicted octanol–water partition coefficient (Wildman–Crippen LogP) is 2.89. The van der Waals surface area contributed by atoms with Gasteiger partial charge in [-0.1, -0.05) is 13.0 Å². The lowest BCUT2D eigenvalue weighted by atomic mass is 9.97. The van der Waals surface area contributed by atoms with Crippen LogP contribution in [0, 0.1) is 0 Å². The molecule has 2 aromatic rings. The summed E-state index contributed by atoms with van der Waals surface area (Å²) in [5, 5.41) is 9.42. The number of nitrogens with one attached hydrogen (secondary N) is 1. The number of hydrogen-bond donors (Lipinski definition) is 1. The van der Waals surface area contributed by atoms with Gasteiger partial charge >= 0.3 is 6.03 Å². The molecule has 0 aromatic carbocycles. The number of thiophene rings is 1. The number of rotatable bonds is 4. The van der Waals surface area contributed by atoms with Gasteiger partial charge in [0.15, 0.2) is 0 Å². The molecule has 1 saturated heterocycles. The monoisotopic (exact) mass is 348 g/mol. The fraction of sp³-hybridized carbons (Fsp3) is 0.529. The van der Waals surface area contributed by atoms with E-state index in [1.54, 1.807) is 16.0 Å². The van der Waals surface area contributed by atoms with E-state index in [0.717, 1.165) is 12.0 Å². The van der Waals surface area contributed by atoms with Gasteiger partial charge in [0.25, 0.3) is 0 Å². The van der Waals surface area contributed by atoms with E-state index in [4.69, 9.17) is 4.74 Å². The van der Waals surface area contributed by atoms with E-state index in [2.05, 4.69) is 23.4 Å². The zero-order valence-electron chi connectivity index (χ0n) is 14.4. The Hall–Kier alpha value is -1.86. The van der Waals surface area contributed by atoms with Gasteiger partial charge in [-0.25, -0.2) is 4.79 Å². The Morgan fingerprint density at radius 2 is 2.42 bits per heavy atom. The highest BCUT2D eigenvalue weighted by molar-refractivity contribution is 7.10. The first-order valence-electron chi connectivity index (χ1n) is 8.24. The van der Waals surface area contributed by atoms with Gasteiger partial charge in [-0.2, -0.15) is 5.10 Å². The predicted molar refractivity (Wildman–Crippen MR) is 94.0 cm³/mol. The van der Waals surface area contributed by atoms with Crippen molar-refractivity contribution < 1.29 is 9.53 Å². The van der Waals surface area contributed by atoms with Crippen molar-refractivity contribution in [3.05, 3.63) is 40.3 Å². The third kappa shape index (κ3) is 3.47. The second-order valence-corrected chi connectivity index (χ2v) is 7.31. The number of aryl methyl sites for hydroxylation is 1. The zero-order valence-corrected chi connectivity index (χ0v) is 15.2. The Morgan fingerprint density at radius 1 is 1.58 bits per heavy atom. The fourth-order valence-electron chi connectivity index (χ4n) is 3.02. The van der Waals surface area contributed by atoms with Gasteiger partial charge in [-0.05, 0) is 24.8 Å². The maximum Gasteiger partial charge on any atom is 0.318 e. The summed E-state index contributed by atoms with van der Waals surface area (Å²) in [5.74, 6) is 0. The molecule has 1 N–H and O–H groups in total. The molecule has 1 aliphatic heterocycles. The largest absolute Gasteiger partial charge is 0.367 e. The third-order valence-corrected chi connectivity index (χ3v) is 5.46. The Labute approximate surface area is 146 Å². The average Bonchev–Trinajstić information content (AvgIpc) is 3.24. The first-order valence-corrected chi connectivity index (χ1v) is 9.12. The van der Waals surface area contributed by atoms with Crippen LogP contribution in [-0.2, 0) is 17.4 Å². The molecule has 3 rings (SSSR count). The molecule has 24 heavy (non-hydrogen) atoms. The molecule has 2 aromatic heterocycles. The van der Waals surface area contributed by atoms with Crippen molar-refractivity contribution in [2.24, 2.45) is 7.05 Å². The highest BCUT2D eigenvalue weighted by atomic mass is 32.1. The molecular weight excluding hydrogens is 324 g/mol. The van der Waals surface area contributed by atoms with Crippen LogP contribution in [0.25, 0.3) is 0 Å². The van der Waals surface area contributed by atoms with E-state index in [0.29, 0.717) is 19.7 Å². The van der Waals surface area contributed by atoms with Crippen molar-refractivity contribution in [2.45, 2.75) is 31.9 Å². The van der Waals surface area contributed by atoms with Crippen LogP contribution in [0.2, 0.25) is 0 Å². The summed E-state index contributed by atoms with van der Waals surface area (Å²) >= 11 is 1.67. The standard InChI is InChI=1S/C17H24N4O2S/c1-4-14(15-6-5-9-24-15)19-16(22)21-7-8-23-17(2,12-21)13-10-18-20(3)11-13/h5-6,9-11,14H,4,7-8,12H2,1-3H3,(H,19,22)/t14-,17+/m1/s1. The van der Waals surface area contributed by atoms with Crippen molar-refractivity contribution in [2.75, 3.05) is 19.7 Å². The van der Waals surface area contributed by atoms with Crippen LogP contribution in [0.1, 0.15) is 36.8 Å². The van der Waals surface area contributed by atoms with Gasteiger partial charge in [0.1, 0.15) is 5.60 Å². The number of amides is 2. The van der Waals surface area contributed by atoms with Gasteiger partial charge < -0.3 is 15.0 Å². The van der Waals surface area contributed by atoms with Crippen LogP contribution in [0.15, 0.2) is 29.9 Å². The van der Waals surface area contributed by atoms with Crippen LogP contribution < -0.4 is 5.32 Å². The summed E-state index contributed by atoms with van der Waals surface area (Å²) in [5.41, 5.74) is 0.474. The topological polar surface area (TPSA) is 59.4 Å². The smallest absolute Gasteiger partial charge is 0.318 e. The summed E-state index contributed by atoms with van der Waals surface area (Å²) in [6.45, 7) is 5.74. The highest BCUT2D eigenvalue weighted by Gasteiger charge is 2.37. The van der Waals surface area contributed by atoms with Gasteiger partial charge in [-0.3, -0.25) is 4.68 Å². The molecule has 0 spiro atoms. The average molecular weight is 348 g/mol. The normalized spacial score (nSPS) is 22.4. The van der Waals surface area contributed by atoms with Crippen LogP contribution in [0.4, 0.5) is 4.79 Å². The number of hydrogen-bond acceptors (Lipinski definition) is 4. The molecule has 7 heteroatoms. The lowest BCUT2D eigenvalue weighted by Gasteiger charge is -2.40. The van der Waals surface area contributed by atoms with Gasteiger partial charge in [0.2, 0.25) is 0 Å². The minimum atomic E-state index is -0.519. The molecule has 2 atom stereocenters. The first kappa shape index (κ1) is 17.0. The van der Waals surface area contributed by atoms with Crippen molar-refractivity contribution in [1.29, 1.82) is 0 Å². The summed E-state index contributed by atoms with van der Waals surface area (Å²) in [6, 6.07) is 4.11. The number of carbonyl (C=O) groups is 1. The van der Waals surface area contributed by atoms with E-state index in [1.807, 2.05) is 42.7 Å². The maximum absolute atomic E-state index is 12.7. The van der Waals surface area contributed by atoms with E-state index < -0.39 is 5.60 Å². The number of nitrogens with zero attached hydrogens (tertiary/aromatic N) is 3. The van der Waals surface area contributed by atoms with Crippen LogP contribution in [0.3, 0.4) is 0 Å². The molecular formula is C17H24N4O2S. The quantitative estimate of drug-likeness (QED) is 0.924. The lowest BCUT2D eigenvalue weighted by Crippen LogP contribution is -2.53. The summed E-state index contributed by atoms with van der Waals surface area (Å²) < 4.78 is 7.73. The van der Waals surface area contributed by atoms with E-state index >= 15 is 0 Å². The summed E-state index contributed by atoms with van der Waals surface area (Å²) in [6.07, 6.45) is 4.63. The molecule has 1 aliphatic rings. The molecule has 2 amide bonds. The lowest BCUT2D eigenvalue weighted by molar-refractivity contribution is -0.0908. The van der Waals surface area contributed by atoms with Gasteiger partial charge in [0.05, 0.1) is 25.4 Å². The molecule has 0 saturated carbocycles. The van der Waals surface area contributed by atoms with E-state index in [1.165, 1.54) is 4.88 Å². The number of aromatic nitrogens is 2. The van der Waals surface area contributed by atoms with Crippen LogP contribution in [0.5, 0.6) is 0 Å².